The lowest BCUT2D eigenvalue weighted by molar-refractivity contribution is 0.0966. The van der Waals surface area contributed by atoms with Crippen LogP contribution in [0.1, 0.15) is 33.2 Å². The third kappa shape index (κ3) is 2.72. The minimum absolute atomic E-state index is 0.121. The second-order valence-electron chi connectivity index (χ2n) is 4.18. The molecule has 0 radical (unpaired) electrons. The Morgan fingerprint density at radius 1 is 0.944 bits per heavy atom. The smallest absolute Gasteiger partial charge is 0.167 e. The van der Waals surface area contributed by atoms with Gasteiger partial charge in [0.2, 0.25) is 0 Å². The molecule has 0 heterocycles. The highest BCUT2D eigenvalue weighted by molar-refractivity contribution is 6.06. The summed E-state index contributed by atoms with van der Waals surface area (Å²) >= 11 is 0. The summed E-state index contributed by atoms with van der Waals surface area (Å²) in [6.45, 7) is 1.56. The predicted octanol–water partition coefficient (Wildman–Crippen LogP) is 3.31. The molecule has 1 aliphatic rings. The van der Waals surface area contributed by atoms with Crippen LogP contribution in [0.15, 0.2) is 54.6 Å². The molecule has 2 nitrogen and oxygen atoms in total. The molecule has 18 heavy (non-hydrogen) atoms. The summed E-state index contributed by atoms with van der Waals surface area (Å²) in [5.41, 5.74) is 2.89. The van der Waals surface area contributed by atoms with Gasteiger partial charge in [0.15, 0.2) is 11.6 Å². The molecule has 0 bridgehead atoms. The van der Waals surface area contributed by atoms with E-state index in [1.165, 1.54) is 5.56 Å². The van der Waals surface area contributed by atoms with Gasteiger partial charge in [-0.2, -0.15) is 0 Å². The SMILES string of the molecule is CC(=O)c1ccccc1.O=C1Cc2ccccc21. The van der Waals surface area contributed by atoms with E-state index < -0.39 is 0 Å². The number of benzene rings is 2. The normalized spacial score (nSPS) is 11.7. The number of fused-ring (bicyclic) bond motifs is 1. The Kier molecular flexibility index (Phi) is 3.68. The van der Waals surface area contributed by atoms with Crippen molar-refractivity contribution in [2.75, 3.05) is 0 Å². The molecule has 0 saturated heterocycles. The third-order valence-corrected chi connectivity index (χ3v) is 2.85. The molecule has 0 spiro atoms. The Balaban J connectivity index is 0.000000134. The molecule has 2 aromatic carbocycles. The van der Waals surface area contributed by atoms with Crippen LogP contribution in [0.3, 0.4) is 0 Å². The van der Waals surface area contributed by atoms with E-state index in [2.05, 4.69) is 0 Å². The fourth-order valence-corrected chi connectivity index (χ4v) is 1.78. The van der Waals surface area contributed by atoms with Crippen molar-refractivity contribution in [3.05, 3.63) is 71.3 Å². The Bertz CT molecular complexity index is 569. The zero-order valence-electron chi connectivity index (χ0n) is 10.2. The van der Waals surface area contributed by atoms with Gasteiger partial charge in [-0.15, -0.1) is 0 Å². The van der Waals surface area contributed by atoms with Crippen LogP contribution in [0.5, 0.6) is 0 Å². The van der Waals surface area contributed by atoms with Gasteiger partial charge in [-0.1, -0.05) is 54.6 Å². The van der Waals surface area contributed by atoms with Gasteiger partial charge in [-0.05, 0) is 12.5 Å². The van der Waals surface area contributed by atoms with Gasteiger partial charge in [-0.3, -0.25) is 9.59 Å². The van der Waals surface area contributed by atoms with Crippen molar-refractivity contribution in [2.45, 2.75) is 13.3 Å². The van der Waals surface area contributed by atoms with E-state index >= 15 is 0 Å². The molecule has 0 amide bonds. The zero-order chi connectivity index (χ0) is 13.0. The highest BCUT2D eigenvalue weighted by Crippen LogP contribution is 2.20. The molecular formula is C16H14O2. The molecule has 2 aromatic rings. The van der Waals surface area contributed by atoms with E-state index in [0.29, 0.717) is 6.42 Å². The lowest BCUT2D eigenvalue weighted by atomic mass is 9.88. The lowest BCUT2D eigenvalue weighted by Crippen LogP contribution is -2.17. The Morgan fingerprint density at radius 2 is 1.56 bits per heavy atom. The predicted molar refractivity (Wildman–Crippen MR) is 70.9 cm³/mol. The third-order valence-electron chi connectivity index (χ3n) is 2.85. The molecule has 0 aliphatic heterocycles. The second kappa shape index (κ2) is 5.41. The molecule has 0 aromatic heterocycles. The highest BCUT2D eigenvalue weighted by atomic mass is 16.1. The number of hydrogen-bond donors (Lipinski definition) is 0. The van der Waals surface area contributed by atoms with E-state index in [4.69, 9.17) is 0 Å². The summed E-state index contributed by atoms with van der Waals surface area (Å²) in [5, 5.41) is 0. The van der Waals surface area contributed by atoms with Crippen LogP contribution in [-0.2, 0) is 6.42 Å². The lowest BCUT2D eigenvalue weighted by Gasteiger charge is -2.14. The van der Waals surface area contributed by atoms with Crippen LogP contribution in [0.25, 0.3) is 0 Å². The van der Waals surface area contributed by atoms with Crippen LogP contribution in [0, 0.1) is 0 Å². The molecule has 0 N–H and O–H groups in total. The van der Waals surface area contributed by atoms with Crippen LogP contribution in [0.2, 0.25) is 0 Å². The molecule has 90 valence electrons. The van der Waals surface area contributed by atoms with Crippen molar-refractivity contribution in [1.29, 1.82) is 0 Å². The monoisotopic (exact) mass is 238 g/mol. The molecule has 0 unspecified atom stereocenters. The van der Waals surface area contributed by atoms with Gasteiger partial charge in [-0.25, -0.2) is 0 Å². The average molecular weight is 238 g/mol. The molecular weight excluding hydrogens is 224 g/mol. The van der Waals surface area contributed by atoms with E-state index in [1.54, 1.807) is 6.92 Å². The number of ketones is 2. The summed E-state index contributed by atoms with van der Waals surface area (Å²) in [7, 11) is 0. The zero-order valence-corrected chi connectivity index (χ0v) is 10.2. The van der Waals surface area contributed by atoms with E-state index in [9.17, 15) is 9.59 Å². The fourth-order valence-electron chi connectivity index (χ4n) is 1.78. The number of carbonyl (C=O) groups excluding carboxylic acids is 2. The molecule has 2 heteroatoms. The minimum Gasteiger partial charge on any atom is -0.295 e. The standard InChI is InChI=1S/C8H6O.C8H8O/c9-8-5-6-3-1-2-4-7(6)8;1-7(9)8-5-3-2-4-6-8/h1-4H,5H2;2-6H,1H3. The minimum atomic E-state index is 0.121. The molecule has 0 atom stereocenters. The number of carbonyl (C=O) groups is 2. The largest absolute Gasteiger partial charge is 0.295 e. The van der Waals surface area contributed by atoms with E-state index in [1.807, 2.05) is 54.6 Å². The molecule has 0 fully saturated rings. The van der Waals surface area contributed by atoms with Crippen LogP contribution in [-0.4, -0.2) is 11.6 Å². The van der Waals surface area contributed by atoms with Crippen molar-refractivity contribution in [3.8, 4) is 0 Å². The first-order valence-electron chi connectivity index (χ1n) is 5.85. The van der Waals surface area contributed by atoms with Gasteiger partial charge in [0.05, 0.1) is 0 Å². The van der Waals surface area contributed by atoms with Crippen molar-refractivity contribution >= 4 is 11.6 Å². The van der Waals surface area contributed by atoms with Crippen molar-refractivity contribution in [2.24, 2.45) is 0 Å². The first-order valence-corrected chi connectivity index (χ1v) is 5.85. The van der Waals surface area contributed by atoms with E-state index in [0.717, 1.165) is 11.1 Å². The van der Waals surface area contributed by atoms with Crippen molar-refractivity contribution < 1.29 is 9.59 Å². The molecule has 0 saturated carbocycles. The maximum atomic E-state index is 10.7. The summed E-state index contributed by atoms with van der Waals surface area (Å²) in [4.78, 5) is 21.4. The first kappa shape index (κ1) is 12.2. The Labute approximate surface area is 106 Å². The van der Waals surface area contributed by atoms with Crippen LogP contribution >= 0.6 is 0 Å². The van der Waals surface area contributed by atoms with Gasteiger partial charge in [0.1, 0.15) is 0 Å². The van der Waals surface area contributed by atoms with E-state index in [-0.39, 0.29) is 11.6 Å². The van der Waals surface area contributed by atoms with Gasteiger partial charge < -0.3 is 0 Å². The maximum absolute atomic E-state index is 10.7. The highest BCUT2D eigenvalue weighted by Gasteiger charge is 2.20. The maximum Gasteiger partial charge on any atom is 0.167 e. The Hall–Kier alpha value is -2.22. The second-order valence-corrected chi connectivity index (χ2v) is 4.18. The van der Waals surface area contributed by atoms with Crippen LogP contribution < -0.4 is 0 Å². The first-order chi connectivity index (χ1) is 8.68. The number of Topliss-reactive ketones (excluding diaryl/α,β-unsaturated/α-hetero) is 2. The van der Waals surface area contributed by atoms with Gasteiger partial charge >= 0.3 is 0 Å². The van der Waals surface area contributed by atoms with Gasteiger partial charge in [0.25, 0.3) is 0 Å². The summed E-state index contributed by atoms with van der Waals surface area (Å²) in [5.74, 6) is 0.404. The summed E-state index contributed by atoms with van der Waals surface area (Å²) in [6, 6.07) is 17.0. The van der Waals surface area contributed by atoms with Crippen molar-refractivity contribution in [3.63, 3.8) is 0 Å². The summed E-state index contributed by atoms with van der Waals surface area (Å²) in [6.07, 6.45) is 0.649. The average Bonchev–Trinajstić information content (AvgIpc) is 2.39. The quantitative estimate of drug-likeness (QED) is 0.714. The number of hydrogen-bond acceptors (Lipinski definition) is 2. The molecule has 1 aliphatic carbocycles. The van der Waals surface area contributed by atoms with Crippen LogP contribution in [0.4, 0.5) is 0 Å². The van der Waals surface area contributed by atoms with Gasteiger partial charge in [0, 0.05) is 17.5 Å². The van der Waals surface area contributed by atoms with Crippen molar-refractivity contribution in [1.82, 2.24) is 0 Å². The fraction of sp³-hybridized carbons (Fsp3) is 0.125. The topological polar surface area (TPSA) is 34.1 Å². The number of rotatable bonds is 1. The Morgan fingerprint density at radius 3 is 2.00 bits per heavy atom. The molecule has 3 rings (SSSR count). The summed E-state index contributed by atoms with van der Waals surface area (Å²) < 4.78 is 0.